The molecule has 0 fully saturated rings. The van der Waals surface area contributed by atoms with E-state index >= 15 is 0 Å². The molecule has 19 heavy (non-hydrogen) atoms. The Balaban J connectivity index is 2.48. The number of thioether (sulfide) groups is 1. The zero-order valence-electron chi connectivity index (χ0n) is 10.5. The molecule has 0 atom stereocenters. The summed E-state index contributed by atoms with van der Waals surface area (Å²) in [6, 6.07) is 6.96. The van der Waals surface area contributed by atoms with Gasteiger partial charge in [-0.25, -0.2) is 4.98 Å². The number of carbonyl (C=O) groups is 1. The molecule has 1 aromatic carbocycles. The fourth-order valence-corrected chi connectivity index (χ4v) is 2.33. The Hall–Kier alpha value is -2.02. The summed E-state index contributed by atoms with van der Waals surface area (Å²) in [6.07, 6.45) is 0. The first kappa shape index (κ1) is 13.4. The van der Waals surface area contributed by atoms with Crippen LogP contribution in [0.5, 0.6) is 0 Å². The molecule has 1 aromatic heterocycles. The van der Waals surface area contributed by atoms with E-state index in [2.05, 4.69) is 9.72 Å². The molecule has 7 heteroatoms. The van der Waals surface area contributed by atoms with E-state index in [4.69, 9.17) is 4.84 Å². The highest BCUT2D eigenvalue weighted by molar-refractivity contribution is 7.99. The largest absolute Gasteiger partial charge is 0.468 e. The van der Waals surface area contributed by atoms with Crippen LogP contribution < -0.4 is 10.4 Å². The van der Waals surface area contributed by atoms with E-state index in [0.29, 0.717) is 16.1 Å². The molecule has 2 aromatic rings. The van der Waals surface area contributed by atoms with E-state index in [0.717, 1.165) is 16.5 Å². The van der Waals surface area contributed by atoms with Gasteiger partial charge >= 0.3 is 5.97 Å². The maximum absolute atomic E-state index is 12.2. The van der Waals surface area contributed by atoms with Crippen molar-refractivity contribution in [2.75, 3.05) is 20.0 Å². The van der Waals surface area contributed by atoms with Crippen molar-refractivity contribution in [3.63, 3.8) is 0 Å². The zero-order valence-corrected chi connectivity index (χ0v) is 11.3. The second-order valence-electron chi connectivity index (χ2n) is 3.56. The standard InChI is InChI=1S/C12H12N2O4S/c1-17-10(15)7-19-12-13-9-6-4-3-5-8(9)11(16)14(12)18-2/h3-6H,7H2,1-2H3. The van der Waals surface area contributed by atoms with E-state index in [9.17, 15) is 9.59 Å². The lowest BCUT2D eigenvalue weighted by Gasteiger charge is -2.10. The Morgan fingerprint density at radius 1 is 1.37 bits per heavy atom. The second kappa shape index (κ2) is 5.75. The molecule has 0 saturated carbocycles. The molecule has 6 nitrogen and oxygen atoms in total. The van der Waals surface area contributed by atoms with Crippen molar-refractivity contribution in [1.29, 1.82) is 0 Å². The minimum Gasteiger partial charge on any atom is -0.468 e. The van der Waals surface area contributed by atoms with Gasteiger partial charge < -0.3 is 9.57 Å². The molecule has 0 aliphatic carbocycles. The molecular weight excluding hydrogens is 268 g/mol. The molecular formula is C12H12N2O4S. The number of methoxy groups -OCH3 is 1. The van der Waals surface area contributed by atoms with Crippen molar-refractivity contribution in [3.8, 4) is 0 Å². The Bertz CT molecular complexity index is 668. The van der Waals surface area contributed by atoms with E-state index in [-0.39, 0.29) is 11.3 Å². The molecule has 0 unspecified atom stereocenters. The second-order valence-corrected chi connectivity index (χ2v) is 4.50. The van der Waals surface area contributed by atoms with Gasteiger partial charge in [-0.05, 0) is 12.1 Å². The molecule has 2 rings (SSSR count). The summed E-state index contributed by atoms with van der Waals surface area (Å²) in [5.74, 6) is -0.333. The van der Waals surface area contributed by atoms with Crippen molar-refractivity contribution in [1.82, 2.24) is 9.71 Å². The summed E-state index contributed by atoms with van der Waals surface area (Å²) in [4.78, 5) is 32.6. The van der Waals surface area contributed by atoms with Crippen molar-refractivity contribution in [2.24, 2.45) is 0 Å². The number of esters is 1. The van der Waals surface area contributed by atoms with Gasteiger partial charge in [-0.3, -0.25) is 9.59 Å². The lowest BCUT2D eigenvalue weighted by Crippen LogP contribution is -2.27. The molecule has 100 valence electrons. The maximum atomic E-state index is 12.2. The lowest BCUT2D eigenvalue weighted by atomic mass is 10.2. The molecule has 0 N–H and O–H groups in total. The highest BCUT2D eigenvalue weighted by Gasteiger charge is 2.13. The Morgan fingerprint density at radius 3 is 2.79 bits per heavy atom. The Morgan fingerprint density at radius 2 is 2.11 bits per heavy atom. The zero-order chi connectivity index (χ0) is 13.8. The van der Waals surface area contributed by atoms with Crippen LogP contribution in [0.4, 0.5) is 0 Å². The first-order chi connectivity index (χ1) is 9.17. The number of ether oxygens (including phenoxy) is 1. The number of para-hydroxylation sites is 1. The number of benzene rings is 1. The summed E-state index contributed by atoms with van der Waals surface area (Å²) >= 11 is 1.09. The quantitative estimate of drug-likeness (QED) is 0.467. The van der Waals surface area contributed by atoms with Gasteiger partial charge in [-0.15, -0.1) is 4.73 Å². The van der Waals surface area contributed by atoms with E-state index in [1.54, 1.807) is 24.3 Å². The van der Waals surface area contributed by atoms with E-state index in [1.807, 2.05) is 0 Å². The van der Waals surface area contributed by atoms with Crippen LogP contribution >= 0.6 is 11.8 Å². The van der Waals surface area contributed by atoms with Gasteiger partial charge in [0.25, 0.3) is 5.56 Å². The van der Waals surface area contributed by atoms with Crippen LogP contribution in [0.2, 0.25) is 0 Å². The topological polar surface area (TPSA) is 70.4 Å². The third kappa shape index (κ3) is 2.70. The number of hydrogen-bond acceptors (Lipinski definition) is 6. The molecule has 0 aliphatic rings. The van der Waals surface area contributed by atoms with Crippen molar-refractivity contribution in [2.45, 2.75) is 5.16 Å². The third-order valence-electron chi connectivity index (χ3n) is 2.44. The highest BCUT2D eigenvalue weighted by Crippen LogP contribution is 2.16. The monoisotopic (exact) mass is 280 g/mol. The number of nitrogens with zero attached hydrogens (tertiary/aromatic N) is 2. The molecule has 0 amide bonds. The summed E-state index contributed by atoms with van der Waals surface area (Å²) < 4.78 is 5.61. The number of hydrogen-bond donors (Lipinski definition) is 0. The first-order valence-electron chi connectivity index (χ1n) is 5.43. The van der Waals surface area contributed by atoms with Gasteiger partial charge in [-0.1, -0.05) is 23.9 Å². The normalized spacial score (nSPS) is 10.4. The average molecular weight is 280 g/mol. The smallest absolute Gasteiger partial charge is 0.316 e. The minimum atomic E-state index is -0.393. The van der Waals surface area contributed by atoms with Gasteiger partial charge in [0.2, 0.25) is 5.16 Å². The van der Waals surface area contributed by atoms with Gasteiger partial charge in [0.15, 0.2) is 0 Å². The maximum Gasteiger partial charge on any atom is 0.316 e. The Labute approximate surface area is 113 Å². The number of rotatable bonds is 4. The summed E-state index contributed by atoms with van der Waals surface area (Å²) in [7, 11) is 2.68. The fourth-order valence-electron chi connectivity index (χ4n) is 1.53. The van der Waals surface area contributed by atoms with Crippen LogP contribution in [0.25, 0.3) is 10.9 Å². The van der Waals surface area contributed by atoms with Crippen LogP contribution in [0.1, 0.15) is 0 Å². The predicted molar refractivity (Wildman–Crippen MR) is 71.2 cm³/mol. The third-order valence-corrected chi connectivity index (χ3v) is 3.33. The molecule has 1 heterocycles. The van der Waals surface area contributed by atoms with Crippen LogP contribution in [-0.2, 0) is 9.53 Å². The van der Waals surface area contributed by atoms with Crippen molar-refractivity contribution < 1.29 is 14.4 Å². The van der Waals surface area contributed by atoms with Crippen molar-refractivity contribution >= 4 is 28.6 Å². The molecule has 0 aliphatic heterocycles. The van der Waals surface area contributed by atoms with Crippen molar-refractivity contribution in [3.05, 3.63) is 34.6 Å². The highest BCUT2D eigenvalue weighted by atomic mass is 32.2. The predicted octanol–water partition coefficient (Wildman–Crippen LogP) is 0.720. The van der Waals surface area contributed by atoms with Crippen LogP contribution in [0, 0.1) is 0 Å². The van der Waals surface area contributed by atoms with Gasteiger partial charge in [0, 0.05) is 0 Å². The van der Waals surface area contributed by atoms with Gasteiger partial charge in [0.05, 0.1) is 23.8 Å². The summed E-state index contributed by atoms with van der Waals surface area (Å²) in [5, 5.41) is 0.781. The Kier molecular flexibility index (Phi) is 4.06. The summed E-state index contributed by atoms with van der Waals surface area (Å²) in [5.41, 5.74) is 0.258. The molecule has 0 bridgehead atoms. The van der Waals surface area contributed by atoms with Crippen LogP contribution in [-0.4, -0.2) is 35.7 Å². The van der Waals surface area contributed by atoms with E-state index < -0.39 is 5.97 Å². The number of aromatic nitrogens is 2. The van der Waals surface area contributed by atoms with Gasteiger partial charge in [0.1, 0.15) is 7.11 Å². The molecule has 0 radical (unpaired) electrons. The summed E-state index contributed by atoms with van der Waals surface area (Å²) in [6.45, 7) is 0. The van der Waals surface area contributed by atoms with Gasteiger partial charge in [-0.2, -0.15) is 0 Å². The van der Waals surface area contributed by atoms with Crippen LogP contribution in [0.3, 0.4) is 0 Å². The van der Waals surface area contributed by atoms with E-state index in [1.165, 1.54) is 14.2 Å². The number of carbonyl (C=O) groups excluding carboxylic acids is 1. The average Bonchev–Trinajstić information content (AvgIpc) is 2.45. The van der Waals surface area contributed by atoms with Crippen LogP contribution in [0.15, 0.2) is 34.2 Å². The SMILES string of the molecule is COC(=O)CSc1nc2ccccc2c(=O)n1OC. The molecule has 0 spiro atoms. The number of fused-ring (bicyclic) bond motifs is 1. The fraction of sp³-hybridized carbons (Fsp3) is 0.250. The first-order valence-corrected chi connectivity index (χ1v) is 6.42. The minimum absolute atomic E-state index is 0.0602. The molecule has 0 saturated heterocycles. The lowest BCUT2D eigenvalue weighted by molar-refractivity contribution is -0.137.